The number of carbonyl (C=O) groups is 1. The molecule has 0 radical (unpaired) electrons. The van der Waals surface area contributed by atoms with Crippen LogP contribution in [0.25, 0.3) is 11.1 Å². The minimum atomic E-state index is -0.706. The van der Waals surface area contributed by atoms with E-state index < -0.39 is 5.41 Å². The van der Waals surface area contributed by atoms with E-state index in [0.29, 0.717) is 5.69 Å². The first kappa shape index (κ1) is 25.8. The molecule has 0 aliphatic carbocycles. The van der Waals surface area contributed by atoms with Crippen molar-refractivity contribution >= 4 is 34.6 Å². The van der Waals surface area contributed by atoms with E-state index in [-0.39, 0.29) is 16.6 Å². The van der Waals surface area contributed by atoms with E-state index in [0.717, 1.165) is 41.4 Å². The summed E-state index contributed by atoms with van der Waals surface area (Å²) in [6.45, 7) is 12.0. The molecule has 3 aliphatic rings. The summed E-state index contributed by atoms with van der Waals surface area (Å²) in [5, 5.41) is 9.40. The largest absolute Gasteiger partial charge is 0.371 e. The molecule has 8 heteroatoms. The van der Waals surface area contributed by atoms with Crippen molar-refractivity contribution in [3.63, 3.8) is 0 Å². The molecule has 0 unspecified atom stereocenters. The monoisotopic (exact) mass is 540 g/mol. The summed E-state index contributed by atoms with van der Waals surface area (Å²) in [7, 11) is 2.20. The fourth-order valence-corrected chi connectivity index (χ4v) is 6.16. The van der Waals surface area contributed by atoms with Crippen molar-refractivity contribution in [3.05, 3.63) is 71.0 Å². The smallest absolute Gasteiger partial charge is 0.241 e. The summed E-state index contributed by atoms with van der Waals surface area (Å²) in [6, 6.07) is 18.6. The molecule has 1 amide bonds. The Hall–Kier alpha value is -3.44. The highest BCUT2D eigenvalue weighted by Crippen LogP contribution is 2.47. The lowest BCUT2D eigenvalue weighted by Gasteiger charge is -2.44. The fourth-order valence-electron chi connectivity index (χ4n) is 5.96. The predicted octanol–water partition coefficient (Wildman–Crippen LogP) is 4.91. The zero-order valence-electron chi connectivity index (χ0n) is 22.7. The van der Waals surface area contributed by atoms with Crippen LogP contribution in [0.1, 0.15) is 25.1 Å². The van der Waals surface area contributed by atoms with Crippen LogP contribution in [-0.4, -0.2) is 73.6 Å². The Morgan fingerprint density at radius 1 is 1.00 bits per heavy atom. The Morgan fingerprint density at radius 2 is 1.69 bits per heavy atom. The van der Waals surface area contributed by atoms with Crippen LogP contribution in [0, 0.1) is 17.2 Å². The first-order valence-electron chi connectivity index (χ1n) is 13.6. The van der Waals surface area contributed by atoms with Gasteiger partial charge in [0.05, 0.1) is 28.0 Å². The summed E-state index contributed by atoms with van der Waals surface area (Å²) in [4.78, 5) is 26.8. The molecular weight excluding hydrogens is 508 g/mol. The van der Waals surface area contributed by atoms with Crippen molar-refractivity contribution in [1.29, 1.82) is 5.26 Å². The first-order chi connectivity index (χ1) is 18.7. The third-order valence-electron chi connectivity index (χ3n) is 8.47. The van der Waals surface area contributed by atoms with Crippen molar-refractivity contribution in [1.82, 2.24) is 14.8 Å². The molecule has 1 aromatic heterocycles. The predicted molar refractivity (Wildman–Crippen MR) is 156 cm³/mol. The minimum absolute atomic E-state index is 0.0449. The lowest BCUT2D eigenvalue weighted by atomic mass is 9.84. The number of amides is 1. The van der Waals surface area contributed by atoms with Gasteiger partial charge in [-0.25, -0.2) is 4.98 Å². The van der Waals surface area contributed by atoms with Gasteiger partial charge in [-0.2, -0.15) is 5.26 Å². The Bertz CT molecular complexity index is 1450. The van der Waals surface area contributed by atoms with Crippen LogP contribution in [0.2, 0.25) is 5.02 Å². The van der Waals surface area contributed by atoms with Crippen LogP contribution < -0.4 is 9.80 Å². The summed E-state index contributed by atoms with van der Waals surface area (Å²) in [5.74, 6) is 0.699. The van der Waals surface area contributed by atoms with Crippen LogP contribution in [0.4, 0.5) is 17.1 Å². The molecule has 39 heavy (non-hydrogen) atoms. The first-order valence-corrected chi connectivity index (χ1v) is 13.9. The van der Waals surface area contributed by atoms with Crippen molar-refractivity contribution in [2.45, 2.75) is 19.3 Å². The topological polar surface area (TPSA) is 66.7 Å². The van der Waals surface area contributed by atoms with Gasteiger partial charge in [-0.05, 0) is 67.9 Å². The maximum absolute atomic E-state index is 13.5. The van der Waals surface area contributed by atoms with Crippen LogP contribution in [-0.2, 0) is 10.2 Å². The molecule has 200 valence electrons. The second-order valence-electron chi connectivity index (χ2n) is 11.6. The lowest BCUT2D eigenvalue weighted by molar-refractivity contribution is -0.121. The highest BCUT2D eigenvalue weighted by Gasteiger charge is 2.45. The van der Waals surface area contributed by atoms with E-state index in [9.17, 15) is 4.79 Å². The standard InChI is InChI=1S/C31H33ClN6O/c1-31(2)26-14-23(6-9-29(26)38(30(31)39)25-15-27(32)28(16-33)34-17-25)22-4-7-24(8-5-22)37-19-21(20-37)18-36-12-10-35(3)11-13-36/h4-9,14-15,17,21H,10-13,18-20H2,1-3H3. The van der Waals surface area contributed by atoms with Crippen LogP contribution in [0.3, 0.4) is 0 Å². The van der Waals surface area contributed by atoms with Crippen molar-refractivity contribution < 1.29 is 4.79 Å². The summed E-state index contributed by atoms with van der Waals surface area (Å²) >= 11 is 6.24. The minimum Gasteiger partial charge on any atom is -0.371 e. The summed E-state index contributed by atoms with van der Waals surface area (Å²) in [5.41, 5.74) is 5.26. The SMILES string of the molecule is CN1CCN(CC2CN(c3ccc(-c4ccc5c(c4)C(C)(C)C(=O)N5c4cnc(C#N)c(Cl)c4)cc3)C2)CC1. The van der Waals surface area contributed by atoms with Gasteiger partial charge in [0.2, 0.25) is 5.91 Å². The van der Waals surface area contributed by atoms with Gasteiger partial charge in [-0.15, -0.1) is 0 Å². The highest BCUT2D eigenvalue weighted by atomic mass is 35.5. The van der Waals surface area contributed by atoms with Gasteiger partial charge < -0.3 is 14.7 Å². The van der Waals surface area contributed by atoms with Gasteiger partial charge in [0, 0.05) is 57.4 Å². The number of fused-ring (bicyclic) bond motifs is 1. The van der Waals surface area contributed by atoms with Crippen LogP contribution in [0.5, 0.6) is 0 Å². The Morgan fingerprint density at radius 3 is 2.36 bits per heavy atom. The third-order valence-corrected chi connectivity index (χ3v) is 8.76. The summed E-state index contributed by atoms with van der Waals surface area (Å²) in [6.07, 6.45) is 1.53. The lowest BCUT2D eigenvalue weighted by Crippen LogP contribution is -2.54. The Kier molecular flexibility index (Phi) is 6.58. The summed E-state index contributed by atoms with van der Waals surface area (Å²) < 4.78 is 0. The number of halogens is 1. The average Bonchev–Trinajstić information content (AvgIpc) is 3.11. The Labute approximate surface area is 235 Å². The molecule has 0 atom stereocenters. The molecular formula is C31H33ClN6O. The number of piperazine rings is 1. The molecule has 6 rings (SSSR count). The number of aromatic nitrogens is 1. The zero-order chi connectivity index (χ0) is 27.3. The van der Waals surface area contributed by atoms with E-state index in [4.69, 9.17) is 16.9 Å². The third kappa shape index (κ3) is 4.67. The second kappa shape index (κ2) is 9.95. The number of nitrogens with zero attached hydrogens (tertiary/aromatic N) is 6. The van der Waals surface area contributed by atoms with Gasteiger partial charge >= 0.3 is 0 Å². The van der Waals surface area contributed by atoms with Gasteiger partial charge in [-0.1, -0.05) is 29.8 Å². The quantitative estimate of drug-likeness (QED) is 0.458. The molecule has 0 bridgehead atoms. The normalized spacial score (nSPS) is 19.6. The maximum Gasteiger partial charge on any atom is 0.241 e. The number of hydrogen-bond acceptors (Lipinski definition) is 6. The average molecular weight is 541 g/mol. The van der Waals surface area contributed by atoms with Crippen LogP contribution in [0.15, 0.2) is 54.7 Å². The number of hydrogen-bond donors (Lipinski definition) is 0. The van der Waals surface area contributed by atoms with Gasteiger partial charge in [0.15, 0.2) is 5.69 Å². The number of pyridine rings is 1. The fraction of sp³-hybridized carbons (Fsp3) is 0.387. The number of anilines is 3. The number of carbonyl (C=O) groups excluding carboxylic acids is 1. The van der Waals surface area contributed by atoms with E-state index in [1.54, 1.807) is 11.0 Å². The van der Waals surface area contributed by atoms with Gasteiger partial charge in [0.1, 0.15) is 6.07 Å². The van der Waals surface area contributed by atoms with E-state index in [2.05, 4.69) is 63.1 Å². The molecule has 4 heterocycles. The van der Waals surface area contributed by atoms with Gasteiger partial charge in [0.25, 0.3) is 0 Å². The Balaban J connectivity index is 1.17. The maximum atomic E-state index is 13.5. The molecule has 2 saturated heterocycles. The molecule has 3 aliphatic heterocycles. The molecule has 2 fully saturated rings. The van der Waals surface area contributed by atoms with E-state index in [1.165, 1.54) is 44.6 Å². The van der Waals surface area contributed by atoms with Crippen molar-refractivity contribution in [2.75, 3.05) is 62.7 Å². The zero-order valence-corrected chi connectivity index (χ0v) is 23.4. The van der Waals surface area contributed by atoms with Crippen molar-refractivity contribution in [2.24, 2.45) is 5.92 Å². The van der Waals surface area contributed by atoms with Crippen molar-refractivity contribution in [3.8, 4) is 17.2 Å². The molecule has 2 aromatic carbocycles. The van der Waals surface area contributed by atoms with Crippen LogP contribution >= 0.6 is 11.6 Å². The van der Waals surface area contributed by atoms with Gasteiger partial charge in [-0.3, -0.25) is 9.69 Å². The molecule has 0 saturated carbocycles. The number of benzene rings is 2. The highest BCUT2D eigenvalue weighted by molar-refractivity contribution is 6.32. The van der Waals surface area contributed by atoms with E-state index in [1.807, 2.05) is 26.0 Å². The number of nitriles is 1. The second-order valence-corrected chi connectivity index (χ2v) is 12.0. The number of rotatable bonds is 5. The molecule has 7 nitrogen and oxygen atoms in total. The van der Waals surface area contributed by atoms with E-state index >= 15 is 0 Å². The molecule has 0 spiro atoms. The molecule has 3 aromatic rings. The molecule has 0 N–H and O–H groups in total. The number of likely N-dealkylation sites (N-methyl/N-ethyl adjacent to an activating group) is 1.